The molecule has 0 spiro atoms. The molecule has 2 aromatic rings. The number of carbonyl (C=O) groups is 1. The van der Waals surface area contributed by atoms with E-state index < -0.39 is 6.04 Å². The van der Waals surface area contributed by atoms with Crippen molar-refractivity contribution >= 4 is 17.3 Å². The number of amides is 1. The van der Waals surface area contributed by atoms with Crippen molar-refractivity contribution in [3.05, 3.63) is 48.3 Å². The molecule has 0 fully saturated rings. The van der Waals surface area contributed by atoms with Crippen LogP contribution < -0.4 is 20.1 Å². The molecule has 2 rings (SSSR count). The Hall–Kier alpha value is -2.76. The first-order valence-corrected chi connectivity index (χ1v) is 7.08. The van der Waals surface area contributed by atoms with Crippen LogP contribution in [0, 0.1) is 5.82 Å². The molecule has 2 N–H and O–H groups in total. The summed E-state index contributed by atoms with van der Waals surface area (Å²) < 4.78 is 23.3. The molecule has 2 aromatic carbocycles. The number of anilines is 2. The van der Waals surface area contributed by atoms with Gasteiger partial charge in [0.1, 0.15) is 23.4 Å². The molecule has 0 aliphatic heterocycles. The predicted octanol–water partition coefficient (Wildman–Crippen LogP) is 3.28. The maximum atomic E-state index is 12.9. The summed E-state index contributed by atoms with van der Waals surface area (Å²) in [5.41, 5.74) is 1.21. The van der Waals surface area contributed by atoms with Gasteiger partial charge in [0.05, 0.1) is 19.9 Å². The van der Waals surface area contributed by atoms with Crippen molar-refractivity contribution in [3.63, 3.8) is 0 Å². The average molecular weight is 318 g/mol. The topological polar surface area (TPSA) is 59.6 Å². The molecule has 6 heteroatoms. The van der Waals surface area contributed by atoms with Crippen molar-refractivity contribution < 1.29 is 18.7 Å². The predicted molar refractivity (Wildman–Crippen MR) is 87.7 cm³/mol. The van der Waals surface area contributed by atoms with Crippen LogP contribution in [0.5, 0.6) is 11.5 Å². The van der Waals surface area contributed by atoms with Crippen LogP contribution in [0.25, 0.3) is 0 Å². The van der Waals surface area contributed by atoms with Crippen LogP contribution in [0.4, 0.5) is 15.8 Å². The summed E-state index contributed by atoms with van der Waals surface area (Å²) in [5.74, 6) is 0.646. The van der Waals surface area contributed by atoms with Crippen LogP contribution in [0.15, 0.2) is 42.5 Å². The summed E-state index contributed by atoms with van der Waals surface area (Å²) in [7, 11) is 3.11. The third-order valence-corrected chi connectivity index (χ3v) is 3.29. The van der Waals surface area contributed by atoms with Gasteiger partial charge in [-0.25, -0.2) is 4.39 Å². The molecule has 0 saturated carbocycles. The highest BCUT2D eigenvalue weighted by molar-refractivity contribution is 5.96. The summed E-state index contributed by atoms with van der Waals surface area (Å²) in [6.07, 6.45) is 0. The van der Waals surface area contributed by atoms with E-state index >= 15 is 0 Å². The second-order valence-electron chi connectivity index (χ2n) is 4.93. The maximum Gasteiger partial charge on any atom is 0.246 e. The van der Waals surface area contributed by atoms with E-state index in [0.29, 0.717) is 22.9 Å². The Labute approximate surface area is 134 Å². The number of ether oxygens (including phenoxy) is 2. The maximum absolute atomic E-state index is 12.9. The van der Waals surface area contributed by atoms with Crippen LogP contribution in [0.1, 0.15) is 6.92 Å². The average Bonchev–Trinajstić information content (AvgIpc) is 2.57. The second kappa shape index (κ2) is 7.49. The number of methoxy groups -OCH3 is 2. The second-order valence-corrected chi connectivity index (χ2v) is 4.93. The quantitative estimate of drug-likeness (QED) is 0.858. The molecule has 0 bridgehead atoms. The van der Waals surface area contributed by atoms with Gasteiger partial charge in [0, 0.05) is 11.8 Å². The fraction of sp³-hybridized carbons (Fsp3) is 0.235. The highest BCUT2D eigenvalue weighted by Gasteiger charge is 2.15. The molecular formula is C17H19FN2O3. The molecule has 0 saturated heterocycles. The van der Waals surface area contributed by atoms with Crippen molar-refractivity contribution in [1.29, 1.82) is 0 Å². The fourth-order valence-corrected chi connectivity index (χ4v) is 2.00. The van der Waals surface area contributed by atoms with Crippen molar-refractivity contribution in [1.82, 2.24) is 0 Å². The Balaban J connectivity index is 2.04. The largest absolute Gasteiger partial charge is 0.497 e. The molecular weight excluding hydrogens is 299 g/mol. The van der Waals surface area contributed by atoms with Gasteiger partial charge in [-0.3, -0.25) is 4.79 Å². The Morgan fingerprint density at radius 1 is 1.09 bits per heavy atom. The normalized spacial score (nSPS) is 11.5. The molecule has 1 atom stereocenters. The van der Waals surface area contributed by atoms with Crippen molar-refractivity contribution in [3.8, 4) is 11.5 Å². The lowest BCUT2D eigenvalue weighted by molar-refractivity contribution is -0.116. The van der Waals surface area contributed by atoms with Crippen molar-refractivity contribution in [2.75, 3.05) is 24.9 Å². The van der Waals surface area contributed by atoms with Gasteiger partial charge in [0.25, 0.3) is 0 Å². The Bertz CT molecular complexity index is 674. The van der Waals surface area contributed by atoms with Gasteiger partial charge < -0.3 is 20.1 Å². The van der Waals surface area contributed by atoms with E-state index in [4.69, 9.17) is 9.47 Å². The van der Waals surface area contributed by atoms with Gasteiger partial charge in [-0.05, 0) is 43.3 Å². The molecule has 23 heavy (non-hydrogen) atoms. The SMILES string of the molecule is COc1ccc(N[C@H](C)C(=O)Nc2ccc(F)cc2)c(OC)c1. The number of hydrogen-bond acceptors (Lipinski definition) is 4. The monoisotopic (exact) mass is 318 g/mol. The summed E-state index contributed by atoms with van der Waals surface area (Å²) >= 11 is 0. The zero-order chi connectivity index (χ0) is 16.8. The van der Waals surface area contributed by atoms with Gasteiger partial charge >= 0.3 is 0 Å². The Morgan fingerprint density at radius 2 is 1.78 bits per heavy atom. The molecule has 0 unspecified atom stereocenters. The van der Waals surface area contributed by atoms with Crippen LogP contribution in [-0.4, -0.2) is 26.2 Å². The van der Waals surface area contributed by atoms with Gasteiger partial charge in [0.2, 0.25) is 5.91 Å². The lowest BCUT2D eigenvalue weighted by atomic mass is 10.2. The van der Waals surface area contributed by atoms with E-state index in [0.717, 1.165) is 0 Å². The zero-order valence-electron chi connectivity index (χ0n) is 13.2. The van der Waals surface area contributed by atoms with Crippen LogP contribution in [-0.2, 0) is 4.79 Å². The molecule has 0 aromatic heterocycles. The van der Waals surface area contributed by atoms with E-state index in [1.807, 2.05) is 0 Å². The van der Waals surface area contributed by atoms with Crippen molar-refractivity contribution in [2.45, 2.75) is 13.0 Å². The minimum absolute atomic E-state index is 0.241. The highest BCUT2D eigenvalue weighted by atomic mass is 19.1. The molecule has 5 nitrogen and oxygen atoms in total. The molecule has 0 aliphatic carbocycles. The number of rotatable bonds is 6. The molecule has 0 radical (unpaired) electrons. The zero-order valence-corrected chi connectivity index (χ0v) is 13.2. The van der Waals surface area contributed by atoms with Gasteiger partial charge in [-0.1, -0.05) is 0 Å². The molecule has 122 valence electrons. The van der Waals surface area contributed by atoms with Gasteiger partial charge in [-0.2, -0.15) is 0 Å². The fourth-order valence-electron chi connectivity index (χ4n) is 2.00. The minimum Gasteiger partial charge on any atom is -0.497 e. The first-order valence-electron chi connectivity index (χ1n) is 7.08. The highest BCUT2D eigenvalue weighted by Crippen LogP contribution is 2.29. The van der Waals surface area contributed by atoms with Crippen LogP contribution in [0.2, 0.25) is 0 Å². The van der Waals surface area contributed by atoms with E-state index in [2.05, 4.69) is 10.6 Å². The number of nitrogens with one attached hydrogen (secondary N) is 2. The van der Waals surface area contributed by atoms with Crippen molar-refractivity contribution in [2.24, 2.45) is 0 Å². The summed E-state index contributed by atoms with van der Waals surface area (Å²) in [6, 6.07) is 10.4. The molecule has 0 heterocycles. The van der Waals surface area contributed by atoms with Crippen LogP contribution in [0.3, 0.4) is 0 Å². The number of benzene rings is 2. The number of hydrogen-bond donors (Lipinski definition) is 2. The lowest BCUT2D eigenvalue weighted by Gasteiger charge is -2.18. The first kappa shape index (κ1) is 16.6. The summed E-state index contributed by atoms with van der Waals surface area (Å²) in [6.45, 7) is 1.72. The van der Waals surface area contributed by atoms with E-state index in [1.54, 1.807) is 39.3 Å². The molecule has 0 aliphatic rings. The van der Waals surface area contributed by atoms with E-state index in [-0.39, 0.29) is 11.7 Å². The van der Waals surface area contributed by atoms with Gasteiger partial charge in [0.15, 0.2) is 0 Å². The Morgan fingerprint density at radius 3 is 2.39 bits per heavy atom. The number of carbonyl (C=O) groups excluding carboxylic acids is 1. The van der Waals surface area contributed by atoms with Crippen LogP contribution >= 0.6 is 0 Å². The number of halogens is 1. The molecule has 1 amide bonds. The first-order chi connectivity index (χ1) is 11.0. The smallest absolute Gasteiger partial charge is 0.246 e. The van der Waals surface area contributed by atoms with E-state index in [1.165, 1.54) is 24.3 Å². The Kier molecular flexibility index (Phi) is 5.41. The van der Waals surface area contributed by atoms with E-state index in [9.17, 15) is 9.18 Å². The summed E-state index contributed by atoms with van der Waals surface area (Å²) in [5, 5.41) is 5.79. The van der Waals surface area contributed by atoms with Gasteiger partial charge in [-0.15, -0.1) is 0 Å². The minimum atomic E-state index is -0.512. The standard InChI is InChI=1S/C17H19FN2O3/c1-11(17(21)20-13-6-4-12(18)5-7-13)19-15-9-8-14(22-2)10-16(15)23-3/h4-11,19H,1-3H3,(H,20,21)/t11-/m1/s1. The summed E-state index contributed by atoms with van der Waals surface area (Å²) in [4.78, 5) is 12.2. The lowest BCUT2D eigenvalue weighted by Crippen LogP contribution is -2.32. The third kappa shape index (κ3) is 4.35. The third-order valence-electron chi connectivity index (χ3n) is 3.29.